The maximum absolute atomic E-state index is 10.5. The number of rotatable bonds is 4. The average Bonchev–Trinajstić information content (AvgIpc) is 3.37. The van der Waals surface area contributed by atoms with Crippen molar-refractivity contribution in [2.75, 3.05) is 11.9 Å². The summed E-state index contributed by atoms with van der Waals surface area (Å²) in [5.41, 5.74) is 2.12. The molecule has 7 heteroatoms. The molecule has 2 aliphatic rings. The molecule has 0 aliphatic heterocycles. The Morgan fingerprint density at radius 1 is 0.964 bits per heavy atom. The summed E-state index contributed by atoms with van der Waals surface area (Å²) in [6.07, 6.45) is 9.92. The monoisotopic (exact) mass is 376 g/mol. The van der Waals surface area contributed by atoms with E-state index in [1.165, 1.54) is 32.1 Å². The molecule has 0 amide bonds. The van der Waals surface area contributed by atoms with Crippen LogP contribution in [0.15, 0.2) is 43.0 Å². The maximum Gasteiger partial charge on any atom is 0.151 e. The first-order valence-corrected chi connectivity index (χ1v) is 9.92. The Balaban J connectivity index is 1.35. The van der Waals surface area contributed by atoms with Gasteiger partial charge in [-0.25, -0.2) is 0 Å². The normalized spacial score (nSPS) is 23.7. The lowest BCUT2D eigenvalue weighted by molar-refractivity contribution is 0.312. The smallest absolute Gasteiger partial charge is 0.151 e. The third kappa shape index (κ3) is 3.10. The number of fused-ring (bicyclic) bond motifs is 2. The summed E-state index contributed by atoms with van der Waals surface area (Å²) in [5, 5.41) is 26.9. The number of aromatic hydroxyl groups is 1. The van der Waals surface area contributed by atoms with Crippen molar-refractivity contribution in [1.82, 2.24) is 25.0 Å². The van der Waals surface area contributed by atoms with Gasteiger partial charge in [-0.1, -0.05) is 12.8 Å². The van der Waals surface area contributed by atoms with Crippen molar-refractivity contribution >= 4 is 5.82 Å². The minimum absolute atomic E-state index is 0.158. The van der Waals surface area contributed by atoms with E-state index in [1.807, 2.05) is 24.3 Å². The molecular weight excluding hydrogens is 352 g/mol. The summed E-state index contributed by atoms with van der Waals surface area (Å²) in [6, 6.07) is 9.92. The summed E-state index contributed by atoms with van der Waals surface area (Å²) >= 11 is 0. The molecule has 1 aromatic carbocycles. The second kappa shape index (κ2) is 6.89. The fraction of sp³-hybridized carbons (Fsp3) is 0.429. The first kappa shape index (κ1) is 17.2. The molecular formula is C21H24N6O. The second-order valence-electron chi connectivity index (χ2n) is 8.13. The van der Waals surface area contributed by atoms with Gasteiger partial charge in [0.25, 0.3) is 0 Å². The predicted octanol–water partition coefficient (Wildman–Crippen LogP) is 3.44. The van der Waals surface area contributed by atoms with Gasteiger partial charge >= 0.3 is 0 Å². The largest absolute Gasteiger partial charge is 0.507 e. The van der Waals surface area contributed by atoms with Gasteiger partial charge in [0.15, 0.2) is 5.82 Å². The van der Waals surface area contributed by atoms with Crippen LogP contribution in [0.25, 0.3) is 16.9 Å². The number of phenolic OH excluding ortho intramolecular Hbond substituents is 1. The molecule has 3 atom stereocenters. The summed E-state index contributed by atoms with van der Waals surface area (Å²) in [6.45, 7) is 0. The highest BCUT2D eigenvalue weighted by atomic mass is 16.3. The number of phenols is 1. The summed E-state index contributed by atoms with van der Waals surface area (Å²) in [4.78, 5) is 2.29. The Kier molecular flexibility index (Phi) is 4.22. The summed E-state index contributed by atoms with van der Waals surface area (Å²) < 4.78 is 1.74. The molecule has 0 saturated heterocycles. The van der Waals surface area contributed by atoms with Crippen LogP contribution in [0, 0.1) is 11.8 Å². The van der Waals surface area contributed by atoms with E-state index in [4.69, 9.17) is 0 Å². The molecule has 0 unspecified atom stereocenters. The minimum Gasteiger partial charge on any atom is -0.507 e. The van der Waals surface area contributed by atoms with Crippen LogP contribution in [0.4, 0.5) is 5.82 Å². The third-order valence-corrected chi connectivity index (χ3v) is 6.39. The summed E-state index contributed by atoms with van der Waals surface area (Å²) in [7, 11) is 2.13. The number of benzene rings is 1. The Labute approximate surface area is 164 Å². The quantitative estimate of drug-likeness (QED) is 0.751. The van der Waals surface area contributed by atoms with Crippen molar-refractivity contribution in [3.05, 3.63) is 43.0 Å². The van der Waals surface area contributed by atoms with Crippen molar-refractivity contribution in [1.29, 1.82) is 0 Å². The fourth-order valence-corrected chi connectivity index (χ4v) is 4.86. The van der Waals surface area contributed by atoms with Crippen molar-refractivity contribution in [3.8, 4) is 22.7 Å². The van der Waals surface area contributed by atoms with Gasteiger partial charge < -0.3 is 10.0 Å². The van der Waals surface area contributed by atoms with Crippen LogP contribution >= 0.6 is 0 Å². The molecule has 2 bridgehead atoms. The Bertz CT molecular complexity index is 944. The highest BCUT2D eigenvalue weighted by Gasteiger charge is 2.36. The second-order valence-corrected chi connectivity index (χ2v) is 8.13. The zero-order valence-corrected chi connectivity index (χ0v) is 15.9. The average molecular weight is 376 g/mol. The van der Waals surface area contributed by atoms with Gasteiger partial charge in [-0.15, -0.1) is 20.4 Å². The lowest BCUT2D eigenvalue weighted by Gasteiger charge is -2.35. The Hall–Kier alpha value is -2.96. The van der Waals surface area contributed by atoms with E-state index in [0.717, 1.165) is 23.3 Å². The molecule has 5 rings (SSSR count). The van der Waals surface area contributed by atoms with Crippen molar-refractivity contribution in [3.63, 3.8) is 0 Å². The van der Waals surface area contributed by atoms with Crippen LogP contribution in [-0.2, 0) is 0 Å². The molecule has 2 fully saturated rings. The van der Waals surface area contributed by atoms with Crippen molar-refractivity contribution in [2.45, 2.75) is 38.1 Å². The molecule has 2 aromatic heterocycles. The van der Waals surface area contributed by atoms with Crippen LogP contribution in [0.1, 0.15) is 32.1 Å². The molecule has 0 radical (unpaired) electrons. The molecule has 28 heavy (non-hydrogen) atoms. The van der Waals surface area contributed by atoms with Gasteiger partial charge in [0.05, 0.1) is 11.4 Å². The topological polar surface area (TPSA) is 80.0 Å². The SMILES string of the molecule is CN(c1ccc(-c2ccc(-n3cnnc3)cc2O)nn1)[C@H]1C[C@@H]2CC[C@@H](C2)C1. The molecule has 0 spiro atoms. The van der Waals surface area contributed by atoms with E-state index in [-0.39, 0.29) is 5.75 Å². The highest BCUT2D eigenvalue weighted by Crippen LogP contribution is 2.43. The highest BCUT2D eigenvalue weighted by molar-refractivity contribution is 5.69. The van der Waals surface area contributed by atoms with Gasteiger partial charge in [0.1, 0.15) is 18.4 Å². The molecule has 3 aromatic rings. The van der Waals surface area contributed by atoms with Gasteiger partial charge in [0, 0.05) is 24.7 Å². The number of aromatic nitrogens is 5. The van der Waals surface area contributed by atoms with Crippen LogP contribution in [0.3, 0.4) is 0 Å². The zero-order valence-electron chi connectivity index (χ0n) is 15.9. The Morgan fingerprint density at radius 3 is 2.36 bits per heavy atom. The number of hydrogen-bond donors (Lipinski definition) is 1. The van der Waals surface area contributed by atoms with E-state index in [0.29, 0.717) is 17.3 Å². The lowest BCUT2D eigenvalue weighted by Crippen LogP contribution is -2.37. The van der Waals surface area contributed by atoms with Crippen LogP contribution < -0.4 is 4.90 Å². The Morgan fingerprint density at radius 2 is 1.71 bits per heavy atom. The molecule has 2 aliphatic carbocycles. The third-order valence-electron chi connectivity index (χ3n) is 6.39. The molecule has 7 nitrogen and oxygen atoms in total. The number of hydrogen-bond acceptors (Lipinski definition) is 6. The summed E-state index contributed by atoms with van der Waals surface area (Å²) in [5.74, 6) is 2.83. The number of anilines is 1. The van der Waals surface area contributed by atoms with Crippen LogP contribution in [-0.4, -0.2) is 43.2 Å². The zero-order chi connectivity index (χ0) is 19.1. The van der Waals surface area contributed by atoms with E-state index < -0.39 is 0 Å². The van der Waals surface area contributed by atoms with Crippen LogP contribution in [0.5, 0.6) is 5.75 Å². The van der Waals surface area contributed by atoms with Gasteiger partial charge in [0.2, 0.25) is 0 Å². The van der Waals surface area contributed by atoms with Crippen LogP contribution in [0.2, 0.25) is 0 Å². The minimum atomic E-state index is 0.158. The van der Waals surface area contributed by atoms with Crippen molar-refractivity contribution in [2.24, 2.45) is 11.8 Å². The lowest BCUT2D eigenvalue weighted by atomic mass is 9.85. The van der Waals surface area contributed by atoms with Crippen molar-refractivity contribution < 1.29 is 5.11 Å². The standard InChI is InChI=1S/C21H24N6O/c1-26(17-9-14-2-3-15(8-14)10-17)21-7-6-19(24-25-21)18-5-4-16(11-20(18)28)27-12-22-23-13-27/h4-7,11-15,17,28H,2-3,8-10H2,1H3/t14-,15+,17+. The van der Waals surface area contributed by atoms with Gasteiger partial charge in [-0.05, 0) is 55.4 Å². The molecule has 2 heterocycles. The molecule has 1 N–H and O–H groups in total. The van der Waals surface area contributed by atoms with E-state index in [2.05, 4.69) is 32.3 Å². The van der Waals surface area contributed by atoms with Gasteiger partial charge in [-0.2, -0.15) is 0 Å². The van der Waals surface area contributed by atoms with E-state index in [9.17, 15) is 5.11 Å². The first-order valence-electron chi connectivity index (χ1n) is 9.92. The fourth-order valence-electron chi connectivity index (χ4n) is 4.86. The maximum atomic E-state index is 10.5. The molecule has 144 valence electrons. The number of nitrogens with zero attached hydrogens (tertiary/aromatic N) is 6. The van der Waals surface area contributed by atoms with Gasteiger partial charge in [-0.3, -0.25) is 4.57 Å². The predicted molar refractivity (Wildman–Crippen MR) is 106 cm³/mol. The van der Waals surface area contributed by atoms with E-state index in [1.54, 1.807) is 23.3 Å². The molecule has 2 saturated carbocycles. The van der Waals surface area contributed by atoms with E-state index >= 15 is 0 Å². The first-order chi connectivity index (χ1) is 13.7.